The Hall–Kier alpha value is -0.910. The minimum Gasteiger partial charge on any atom is -0.377 e. The van der Waals surface area contributed by atoms with Crippen molar-refractivity contribution < 1.29 is 4.74 Å². The van der Waals surface area contributed by atoms with Crippen molar-refractivity contribution in [3.05, 3.63) is 17.0 Å². The van der Waals surface area contributed by atoms with E-state index in [4.69, 9.17) is 16.3 Å². The van der Waals surface area contributed by atoms with E-state index in [0.717, 1.165) is 12.4 Å². The van der Waals surface area contributed by atoms with Crippen LogP contribution in [0.3, 0.4) is 0 Å². The minimum atomic E-state index is 0.380. The molecule has 1 atom stereocenters. The molecule has 0 radical (unpaired) electrons. The van der Waals surface area contributed by atoms with Crippen LogP contribution in [0.15, 0.2) is 6.07 Å². The third kappa shape index (κ3) is 3.78. The topological polar surface area (TPSA) is 41.5 Å². The maximum Gasteiger partial charge on any atom is 0.158 e. The lowest BCUT2D eigenvalue weighted by atomic mass is 10.2. The van der Waals surface area contributed by atoms with Crippen LogP contribution in [0.2, 0.25) is 5.15 Å². The molecule has 1 aromatic heterocycles. The largest absolute Gasteiger partial charge is 0.377 e. The molecule has 6 heteroatoms. The van der Waals surface area contributed by atoms with Gasteiger partial charge in [-0.3, -0.25) is 0 Å². The number of ether oxygens (including phenoxy) is 1. The summed E-state index contributed by atoms with van der Waals surface area (Å²) in [5, 5.41) is 0.462. The van der Waals surface area contributed by atoms with Gasteiger partial charge in [0.2, 0.25) is 0 Å². The summed E-state index contributed by atoms with van der Waals surface area (Å²) in [6.45, 7) is 2.51. The SMILES string of the molecule is COCc1nc(Cl)cc(N(C)CC2CCCN2C)n1. The molecule has 0 N–H and O–H groups in total. The van der Waals surface area contributed by atoms with Crippen LogP contribution in [0.5, 0.6) is 0 Å². The van der Waals surface area contributed by atoms with Crippen LogP contribution in [-0.2, 0) is 11.3 Å². The van der Waals surface area contributed by atoms with Crippen LogP contribution in [0.1, 0.15) is 18.7 Å². The van der Waals surface area contributed by atoms with E-state index in [1.54, 1.807) is 13.2 Å². The summed E-state index contributed by atoms with van der Waals surface area (Å²) < 4.78 is 5.06. The van der Waals surface area contributed by atoms with Crippen molar-refractivity contribution in [3.8, 4) is 0 Å². The molecule has 0 aromatic carbocycles. The maximum absolute atomic E-state index is 6.03. The van der Waals surface area contributed by atoms with Crippen molar-refractivity contribution in [2.75, 3.05) is 39.2 Å². The predicted molar refractivity (Wildman–Crippen MR) is 76.7 cm³/mol. The molecule has 1 fully saturated rings. The Kier molecular flexibility index (Phi) is 4.96. The zero-order valence-electron chi connectivity index (χ0n) is 11.8. The smallest absolute Gasteiger partial charge is 0.158 e. The molecule has 1 aliphatic heterocycles. The number of hydrogen-bond acceptors (Lipinski definition) is 5. The summed E-state index contributed by atoms with van der Waals surface area (Å²) >= 11 is 6.03. The third-order valence-electron chi connectivity index (χ3n) is 3.55. The van der Waals surface area contributed by atoms with E-state index in [1.807, 2.05) is 7.05 Å². The number of halogens is 1. The Morgan fingerprint density at radius 3 is 2.95 bits per heavy atom. The zero-order valence-corrected chi connectivity index (χ0v) is 12.5. The molecule has 0 spiro atoms. The van der Waals surface area contributed by atoms with Gasteiger partial charge in [0, 0.05) is 32.8 Å². The summed E-state index contributed by atoms with van der Waals surface area (Å²) in [5.41, 5.74) is 0. The second-order valence-corrected chi connectivity index (χ2v) is 5.44. The van der Waals surface area contributed by atoms with E-state index in [0.29, 0.717) is 23.6 Å². The Balaban J connectivity index is 2.07. The van der Waals surface area contributed by atoms with Crippen LogP contribution >= 0.6 is 11.6 Å². The van der Waals surface area contributed by atoms with Gasteiger partial charge < -0.3 is 14.5 Å². The molecule has 0 aliphatic carbocycles. The number of hydrogen-bond donors (Lipinski definition) is 0. The van der Waals surface area contributed by atoms with E-state index in [-0.39, 0.29) is 0 Å². The molecule has 19 heavy (non-hydrogen) atoms. The minimum absolute atomic E-state index is 0.380. The normalized spacial score (nSPS) is 19.9. The standard InChI is InChI=1S/C13H21ClN4O/c1-17-6-4-5-10(17)8-18(2)13-7-11(14)15-12(16-13)9-19-3/h7,10H,4-6,8-9H2,1-3H3. The maximum atomic E-state index is 6.03. The molecule has 1 saturated heterocycles. The quantitative estimate of drug-likeness (QED) is 0.772. The van der Waals surface area contributed by atoms with Crippen LogP contribution in [0.4, 0.5) is 5.82 Å². The first-order valence-electron chi connectivity index (χ1n) is 6.54. The first kappa shape index (κ1) is 14.5. The molecule has 1 aromatic rings. The van der Waals surface area contributed by atoms with Crippen molar-refractivity contribution in [2.45, 2.75) is 25.5 Å². The number of methoxy groups -OCH3 is 1. The fourth-order valence-electron chi connectivity index (χ4n) is 2.46. The lowest BCUT2D eigenvalue weighted by Crippen LogP contribution is -2.37. The van der Waals surface area contributed by atoms with Gasteiger partial charge in [0.05, 0.1) is 0 Å². The lowest BCUT2D eigenvalue weighted by Gasteiger charge is -2.26. The van der Waals surface area contributed by atoms with Gasteiger partial charge >= 0.3 is 0 Å². The average molecular weight is 285 g/mol. The number of likely N-dealkylation sites (tertiary alicyclic amines) is 1. The summed E-state index contributed by atoms with van der Waals surface area (Å²) in [4.78, 5) is 13.2. The summed E-state index contributed by atoms with van der Waals surface area (Å²) in [6, 6.07) is 2.39. The third-order valence-corrected chi connectivity index (χ3v) is 3.74. The Bertz CT molecular complexity index is 429. The predicted octanol–water partition coefficient (Wildman–Crippen LogP) is 1.81. The first-order valence-corrected chi connectivity index (χ1v) is 6.91. The second-order valence-electron chi connectivity index (χ2n) is 5.06. The fourth-order valence-corrected chi connectivity index (χ4v) is 2.66. The molecule has 2 heterocycles. The van der Waals surface area contributed by atoms with Crippen molar-refractivity contribution >= 4 is 17.4 Å². The molecule has 0 bridgehead atoms. The van der Waals surface area contributed by atoms with Crippen LogP contribution < -0.4 is 4.90 Å². The molecule has 1 unspecified atom stereocenters. The molecule has 1 aliphatic rings. The van der Waals surface area contributed by atoms with Crippen LogP contribution in [-0.4, -0.2) is 55.2 Å². The van der Waals surface area contributed by atoms with Gasteiger partial charge in [-0.05, 0) is 26.4 Å². The van der Waals surface area contributed by atoms with Crippen LogP contribution in [0, 0.1) is 0 Å². The lowest BCUT2D eigenvalue weighted by molar-refractivity contribution is 0.178. The van der Waals surface area contributed by atoms with Gasteiger partial charge in [-0.25, -0.2) is 9.97 Å². The highest BCUT2D eigenvalue weighted by Gasteiger charge is 2.22. The Morgan fingerprint density at radius 1 is 1.53 bits per heavy atom. The molecule has 2 rings (SSSR count). The summed E-state index contributed by atoms with van der Waals surface area (Å²) in [7, 11) is 5.84. The molecular formula is C13H21ClN4O. The number of likely N-dealkylation sites (N-methyl/N-ethyl adjacent to an activating group) is 2. The Morgan fingerprint density at radius 2 is 2.32 bits per heavy atom. The zero-order chi connectivity index (χ0) is 13.8. The van der Waals surface area contributed by atoms with E-state index in [9.17, 15) is 0 Å². The number of rotatable bonds is 5. The van der Waals surface area contributed by atoms with Gasteiger partial charge in [-0.15, -0.1) is 0 Å². The van der Waals surface area contributed by atoms with E-state index in [1.165, 1.54) is 19.4 Å². The van der Waals surface area contributed by atoms with Crippen molar-refractivity contribution in [3.63, 3.8) is 0 Å². The first-order chi connectivity index (χ1) is 9.10. The van der Waals surface area contributed by atoms with Gasteiger partial charge in [-0.1, -0.05) is 11.6 Å². The van der Waals surface area contributed by atoms with Crippen molar-refractivity contribution in [1.29, 1.82) is 0 Å². The molecular weight excluding hydrogens is 264 g/mol. The van der Waals surface area contributed by atoms with Gasteiger partial charge in [-0.2, -0.15) is 0 Å². The monoisotopic (exact) mass is 284 g/mol. The highest BCUT2D eigenvalue weighted by molar-refractivity contribution is 6.29. The average Bonchev–Trinajstić information content (AvgIpc) is 2.75. The van der Waals surface area contributed by atoms with Crippen molar-refractivity contribution in [2.24, 2.45) is 0 Å². The highest BCUT2D eigenvalue weighted by atomic mass is 35.5. The highest BCUT2D eigenvalue weighted by Crippen LogP contribution is 2.20. The van der Waals surface area contributed by atoms with E-state index >= 15 is 0 Å². The molecule has 106 valence electrons. The van der Waals surface area contributed by atoms with Gasteiger partial charge in [0.1, 0.15) is 17.6 Å². The van der Waals surface area contributed by atoms with Crippen molar-refractivity contribution in [1.82, 2.24) is 14.9 Å². The number of nitrogens with zero attached hydrogens (tertiary/aromatic N) is 4. The summed E-state index contributed by atoms with van der Waals surface area (Å²) in [5.74, 6) is 1.48. The van der Waals surface area contributed by atoms with E-state index < -0.39 is 0 Å². The van der Waals surface area contributed by atoms with E-state index in [2.05, 4.69) is 26.8 Å². The fraction of sp³-hybridized carbons (Fsp3) is 0.692. The van der Waals surface area contributed by atoms with Crippen LogP contribution in [0.25, 0.3) is 0 Å². The number of aromatic nitrogens is 2. The summed E-state index contributed by atoms with van der Waals surface area (Å²) in [6.07, 6.45) is 2.51. The molecule has 5 nitrogen and oxygen atoms in total. The van der Waals surface area contributed by atoms with Gasteiger partial charge in [0.25, 0.3) is 0 Å². The molecule has 0 saturated carbocycles. The van der Waals surface area contributed by atoms with Gasteiger partial charge in [0.15, 0.2) is 5.82 Å². The second kappa shape index (κ2) is 6.50. The molecule has 0 amide bonds. The number of anilines is 1. The Labute approximate surface area is 119 Å².